The van der Waals surface area contributed by atoms with Gasteiger partial charge in [0.05, 0.1) is 18.1 Å². The van der Waals surface area contributed by atoms with Crippen LogP contribution in [-0.4, -0.2) is 80.3 Å². The lowest BCUT2D eigenvalue weighted by molar-refractivity contribution is -0.140. The van der Waals surface area contributed by atoms with Gasteiger partial charge in [0.2, 0.25) is 5.91 Å². The molecule has 7 nitrogen and oxygen atoms in total. The molecule has 0 aliphatic carbocycles. The predicted molar refractivity (Wildman–Crippen MR) is 115 cm³/mol. The van der Waals surface area contributed by atoms with E-state index in [4.69, 9.17) is 9.47 Å². The first-order chi connectivity index (χ1) is 14.9. The monoisotopic (exact) mass is 459 g/mol. The van der Waals surface area contributed by atoms with Gasteiger partial charge in [-0.25, -0.2) is 0 Å². The molecule has 3 atom stereocenters. The van der Waals surface area contributed by atoms with Crippen molar-refractivity contribution in [1.29, 1.82) is 0 Å². The highest BCUT2D eigenvalue weighted by Gasteiger charge is 2.32. The van der Waals surface area contributed by atoms with E-state index in [1.54, 1.807) is 37.1 Å². The molecule has 1 aromatic carbocycles. The summed E-state index contributed by atoms with van der Waals surface area (Å²) >= 11 is 0. The van der Waals surface area contributed by atoms with Crippen molar-refractivity contribution in [2.24, 2.45) is 5.92 Å². The Morgan fingerprint density at radius 1 is 1.28 bits per heavy atom. The zero-order chi connectivity index (χ0) is 24.1. The van der Waals surface area contributed by atoms with Crippen LogP contribution in [0.5, 0.6) is 5.75 Å². The van der Waals surface area contributed by atoms with Crippen LogP contribution >= 0.6 is 0 Å². The van der Waals surface area contributed by atoms with Gasteiger partial charge in [-0.3, -0.25) is 14.5 Å². The molecule has 0 saturated heterocycles. The highest BCUT2D eigenvalue weighted by molar-refractivity contribution is 5.98. The van der Waals surface area contributed by atoms with Crippen LogP contribution in [0.1, 0.15) is 37.6 Å². The third-order valence-corrected chi connectivity index (χ3v) is 5.58. The second-order valence-corrected chi connectivity index (χ2v) is 8.35. The number of carbonyl (C=O) groups is 2. The fourth-order valence-electron chi connectivity index (χ4n) is 3.71. The molecule has 2 rings (SSSR count). The highest BCUT2D eigenvalue weighted by atomic mass is 19.4. The highest BCUT2D eigenvalue weighted by Crippen LogP contribution is 2.27. The first-order valence-electron chi connectivity index (χ1n) is 10.5. The molecule has 1 heterocycles. The normalized spacial score (nSPS) is 23.6. The number of carbonyl (C=O) groups excluding carboxylic acids is 2. The first-order valence-corrected chi connectivity index (χ1v) is 10.5. The fourth-order valence-corrected chi connectivity index (χ4v) is 3.71. The van der Waals surface area contributed by atoms with Crippen molar-refractivity contribution in [3.8, 4) is 5.75 Å². The molecule has 2 amide bonds. The summed E-state index contributed by atoms with van der Waals surface area (Å²) in [4.78, 5) is 27.7. The van der Waals surface area contributed by atoms with Crippen molar-refractivity contribution in [3.63, 3.8) is 0 Å². The van der Waals surface area contributed by atoms with Crippen LogP contribution in [0.15, 0.2) is 18.2 Å². The van der Waals surface area contributed by atoms with Crippen molar-refractivity contribution in [2.75, 3.05) is 45.7 Å². The molecule has 10 heteroatoms. The number of amides is 2. The van der Waals surface area contributed by atoms with E-state index in [1.807, 2.05) is 6.92 Å². The Kier molecular flexibility index (Phi) is 8.91. The van der Waals surface area contributed by atoms with Gasteiger partial charge in [0.15, 0.2) is 0 Å². The number of hydrogen-bond acceptors (Lipinski definition) is 5. The third-order valence-electron chi connectivity index (χ3n) is 5.58. The van der Waals surface area contributed by atoms with E-state index >= 15 is 0 Å². The summed E-state index contributed by atoms with van der Waals surface area (Å²) in [5.74, 6) is -0.402. The van der Waals surface area contributed by atoms with E-state index in [9.17, 15) is 22.8 Å². The van der Waals surface area contributed by atoms with Gasteiger partial charge < -0.3 is 19.7 Å². The molecule has 0 radical (unpaired) electrons. The average molecular weight is 460 g/mol. The molecule has 1 aliphatic rings. The van der Waals surface area contributed by atoms with E-state index in [2.05, 4.69) is 5.32 Å². The summed E-state index contributed by atoms with van der Waals surface area (Å²) in [5, 5.41) is 2.65. The minimum absolute atomic E-state index is 0.0791. The fraction of sp³-hybridized carbons (Fsp3) is 0.636. The maximum Gasteiger partial charge on any atom is 0.390 e. The topological polar surface area (TPSA) is 71.1 Å². The molecule has 0 bridgehead atoms. The molecule has 0 spiro atoms. The van der Waals surface area contributed by atoms with E-state index in [0.717, 1.165) is 0 Å². The van der Waals surface area contributed by atoms with E-state index in [1.165, 1.54) is 18.9 Å². The number of likely N-dealkylation sites (N-methyl/N-ethyl adjacent to an activating group) is 1. The lowest BCUT2D eigenvalue weighted by Gasteiger charge is -2.36. The van der Waals surface area contributed by atoms with Crippen molar-refractivity contribution < 1.29 is 32.2 Å². The van der Waals surface area contributed by atoms with Gasteiger partial charge in [-0.05, 0) is 25.0 Å². The first kappa shape index (κ1) is 25.9. The van der Waals surface area contributed by atoms with E-state index < -0.39 is 12.6 Å². The summed E-state index contributed by atoms with van der Waals surface area (Å²) in [6.45, 7) is 5.61. The second kappa shape index (κ2) is 11.0. The number of fused-ring (bicyclic) bond motifs is 1. The summed E-state index contributed by atoms with van der Waals surface area (Å²) < 4.78 is 50.2. The average Bonchev–Trinajstić information content (AvgIpc) is 2.70. The minimum Gasteiger partial charge on any atom is -0.491 e. The largest absolute Gasteiger partial charge is 0.491 e. The number of ether oxygens (including phenoxy) is 2. The number of alkyl halides is 3. The SMILES string of the molecule is CO[C@@H]1CN(C)C(=O)c2ccc(NC(C)=O)cc2OC[C@@H](C)N(CCC(F)(F)F)C[C@H]1C. The molecule has 0 aromatic heterocycles. The van der Waals surface area contributed by atoms with Gasteiger partial charge >= 0.3 is 6.18 Å². The Bertz CT molecular complexity index is 803. The number of anilines is 1. The zero-order valence-electron chi connectivity index (χ0n) is 19.2. The lowest BCUT2D eigenvalue weighted by Crippen LogP contribution is -2.47. The molecule has 180 valence electrons. The van der Waals surface area contributed by atoms with Gasteiger partial charge in [0.25, 0.3) is 5.91 Å². The molecular weight excluding hydrogens is 427 g/mol. The second-order valence-electron chi connectivity index (χ2n) is 8.35. The van der Waals surface area contributed by atoms with Crippen molar-refractivity contribution in [2.45, 2.75) is 45.5 Å². The molecule has 32 heavy (non-hydrogen) atoms. The van der Waals surface area contributed by atoms with Gasteiger partial charge in [-0.15, -0.1) is 0 Å². The number of nitrogens with one attached hydrogen (secondary N) is 1. The standard InChI is InChI=1S/C22H32F3N3O4/c1-14-11-28(9-8-22(23,24)25)15(2)13-32-19-10-17(26-16(3)29)6-7-18(19)21(30)27(4)12-20(14)31-5/h6-7,10,14-15,20H,8-9,11-13H2,1-5H3,(H,26,29)/t14-,15-,20-/m1/s1. The Morgan fingerprint density at radius 3 is 2.56 bits per heavy atom. The summed E-state index contributed by atoms with van der Waals surface area (Å²) in [5.41, 5.74) is 0.766. The number of halogens is 3. The molecular formula is C22H32F3N3O4. The number of benzene rings is 1. The van der Waals surface area contributed by atoms with E-state index in [0.29, 0.717) is 17.8 Å². The number of rotatable bonds is 4. The van der Waals surface area contributed by atoms with Crippen LogP contribution in [-0.2, 0) is 9.53 Å². The Labute approximate surface area is 186 Å². The van der Waals surface area contributed by atoms with E-state index in [-0.39, 0.29) is 55.3 Å². The quantitative estimate of drug-likeness (QED) is 0.747. The predicted octanol–water partition coefficient (Wildman–Crippen LogP) is 3.40. The lowest BCUT2D eigenvalue weighted by atomic mass is 10.0. The maximum absolute atomic E-state index is 13.1. The van der Waals surface area contributed by atoms with Crippen LogP contribution in [0, 0.1) is 5.92 Å². The zero-order valence-corrected chi connectivity index (χ0v) is 19.2. The number of nitrogens with zero attached hydrogens (tertiary/aromatic N) is 2. The molecule has 1 aromatic rings. The van der Waals surface area contributed by atoms with Crippen molar-refractivity contribution in [3.05, 3.63) is 23.8 Å². The Balaban J connectivity index is 2.39. The van der Waals surface area contributed by atoms with Crippen LogP contribution in [0.4, 0.5) is 18.9 Å². The van der Waals surface area contributed by atoms with Crippen molar-refractivity contribution >= 4 is 17.5 Å². The van der Waals surface area contributed by atoms with Crippen LogP contribution in [0.2, 0.25) is 0 Å². The van der Waals surface area contributed by atoms with Gasteiger partial charge in [0, 0.05) is 58.5 Å². The number of hydrogen-bond donors (Lipinski definition) is 1. The smallest absolute Gasteiger partial charge is 0.390 e. The molecule has 0 unspecified atom stereocenters. The number of methoxy groups -OCH3 is 1. The summed E-state index contributed by atoms with van der Waals surface area (Å²) in [7, 11) is 3.17. The van der Waals surface area contributed by atoms with Crippen LogP contribution in [0.25, 0.3) is 0 Å². The molecule has 0 saturated carbocycles. The third kappa shape index (κ3) is 7.37. The summed E-state index contributed by atoms with van der Waals surface area (Å²) in [6, 6.07) is 4.39. The van der Waals surface area contributed by atoms with Crippen LogP contribution < -0.4 is 10.1 Å². The Hall–Kier alpha value is -2.33. The van der Waals surface area contributed by atoms with Gasteiger partial charge in [-0.1, -0.05) is 6.92 Å². The van der Waals surface area contributed by atoms with Gasteiger partial charge in [-0.2, -0.15) is 13.2 Å². The van der Waals surface area contributed by atoms with Crippen molar-refractivity contribution in [1.82, 2.24) is 9.80 Å². The molecule has 1 aliphatic heterocycles. The maximum atomic E-state index is 13.1. The minimum atomic E-state index is -4.26. The van der Waals surface area contributed by atoms with Gasteiger partial charge in [0.1, 0.15) is 12.4 Å². The molecule has 0 fully saturated rings. The Morgan fingerprint density at radius 2 is 1.97 bits per heavy atom. The summed E-state index contributed by atoms with van der Waals surface area (Å²) in [6.07, 6.45) is -5.55. The van der Waals surface area contributed by atoms with Crippen LogP contribution in [0.3, 0.4) is 0 Å². The molecule has 1 N–H and O–H groups in total.